The van der Waals surface area contributed by atoms with Gasteiger partial charge in [0.2, 0.25) is 0 Å². The highest BCUT2D eigenvalue weighted by Crippen LogP contribution is 2.11. The molecule has 0 bridgehead atoms. The Kier molecular flexibility index (Phi) is 12.4. The van der Waals surface area contributed by atoms with Crippen LogP contribution in [0.3, 0.4) is 0 Å². The summed E-state index contributed by atoms with van der Waals surface area (Å²) in [6.07, 6.45) is 1.94. The first-order valence-corrected chi connectivity index (χ1v) is 5.50. The maximum Gasteiger partial charge on any atom is 0.292 e. The molecular formula is C13H23NO2. The molecule has 16 heavy (non-hydrogen) atoms. The number of carbonyl (C=O) groups is 1. The Morgan fingerprint density at radius 2 is 1.81 bits per heavy atom. The number of hydrogen-bond acceptors (Lipinski definition) is 3. The Bertz CT molecular complexity index is 255. The van der Waals surface area contributed by atoms with Gasteiger partial charge in [0, 0.05) is 11.9 Å². The van der Waals surface area contributed by atoms with E-state index in [1.165, 1.54) is 12.7 Å². The topological polar surface area (TPSA) is 39.2 Å². The van der Waals surface area contributed by atoms with E-state index < -0.39 is 0 Å². The van der Waals surface area contributed by atoms with Crippen LogP contribution < -0.4 is 0 Å². The second-order valence-electron chi connectivity index (χ2n) is 3.22. The van der Waals surface area contributed by atoms with Crippen LogP contribution in [0.2, 0.25) is 0 Å². The fourth-order valence-electron chi connectivity index (χ4n) is 0.821. The molecule has 3 nitrogen and oxygen atoms in total. The standard InChI is InChI=1S/C9H13N.C2H4O2.C2H6/c1-7(2)9-5-4-8(3)10-6-9;1-4-2-3;1-2/h4-7H,1-3H3;2H,1H3;1-2H3. The second kappa shape index (κ2) is 11.7. The van der Waals surface area contributed by atoms with E-state index in [0.717, 1.165) is 5.69 Å². The van der Waals surface area contributed by atoms with Crippen molar-refractivity contribution in [1.82, 2.24) is 4.98 Å². The van der Waals surface area contributed by atoms with E-state index in [1.807, 2.05) is 27.0 Å². The van der Waals surface area contributed by atoms with Gasteiger partial charge in [-0.3, -0.25) is 9.78 Å². The monoisotopic (exact) mass is 225 g/mol. The quantitative estimate of drug-likeness (QED) is 0.725. The Morgan fingerprint density at radius 1 is 1.31 bits per heavy atom. The molecule has 0 aliphatic carbocycles. The lowest BCUT2D eigenvalue weighted by atomic mass is 10.1. The molecule has 0 saturated carbocycles. The molecule has 0 unspecified atom stereocenters. The summed E-state index contributed by atoms with van der Waals surface area (Å²) in [6.45, 7) is 10.7. The fourth-order valence-corrected chi connectivity index (χ4v) is 0.821. The van der Waals surface area contributed by atoms with Crippen LogP contribution >= 0.6 is 0 Å². The molecule has 1 heterocycles. The van der Waals surface area contributed by atoms with Gasteiger partial charge in [-0.15, -0.1) is 0 Å². The maximum absolute atomic E-state index is 8.95. The summed E-state index contributed by atoms with van der Waals surface area (Å²) < 4.78 is 3.86. The summed E-state index contributed by atoms with van der Waals surface area (Å²) in [6, 6.07) is 4.18. The fraction of sp³-hybridized carbons (Fsp3) is 0.538. The summed E-state index contributed by atoms with van der Waals surface area (Å²) in [5.74, 6) is 0.591. The summed E-state index contributed by atoms with van der Waals surface area (Å²) in [5.41, 5.74) is 2.40. The lowest BCUT2D eigenvalue weighted by Gasteiger charge is -2.02. The van der Waals surface area contributed by atoms with Gasteiger partial charge >= 0.3 is 0 Å². The van der Waals surface area contributed by atoms with Crippen molar-refractivity contribution in [2.45, 2.75) is 40.5 Å². The smallest absolute Gasteiger partial charge is 0.292 e. The number of hydrogen-bond donors (Lipinski definition) is 0. The highest BCUT2D eigenvalue weighted by Gasteiger charge is 1.96. The Labute approximate surface area is 98.9 Å². The maximum atomic E-state index is 8.95. The van der Waals surface area contributed by atoms with Crippen LogP contribution in [0.5, 0.6) is 0 Å². The number of aryl methyl sites for hydroxylation is 1. The molecule has 0 aromatic carbocycles. The van der Waals surface area contributed by atoms with E-state index in [1.54, 1.807) is 0 Å². The molecule has 1 aromatic heterocycles. The first kappa shape index (κ1) is 17.0. The normalized spacial score (nSPS) is 8.19. The highest BCUT2D eigenvalue weighted by molar-refractivity contribution is 5.36. The van der Waals surface area contributed by atoms with Crippen molar-refractivity contribution < 1.29 is 9.53 Å². The van der Waals surface area contributed by atoms with Crippen molar-refractivity contribution in [2.24, 2.45) is 0 Å². The lowest BCUT2D eigenvalue weighted by molar-refractivity contribution is -0.126. The molecule has 0 saturated heterocycles. The summed E-state index contributed by atoms with van der Waals surface area (Å²) in [5, 5.41) is 0. The van der Waals surface area contributed by atoms with Gasteiger partial charge < -0.3 is 4.74 Å². The number of carbonyl (C=O) groups excluding carboxylic acids is 1. The predicted octanol–water partition coefficient (Wildman–Crippen LogP) is 3.33. The van der Waals surface area contributed by atoms with Crippen LogP contribution in [-0.2, 0) is 9.53 Å². The molecule has 3 heteroatoms. The molecule has 0 atom stereocenters. The molecule has 0 amide bonds. The summed E-state index contributed by atoms with van der Waals surface area (Å²) in [7, 11) is 1.31. The van der Waals surface area contributed by atoms with Gasteiger partial charge in [0.05, 0.1) is 7.11 Å². The van der Waals surface area contributed by atoms with Crippen LogP contribution in [0.15, 0.2) is 18.3 Å². The minimum Gasteiger partial charge on any atom is -0.471 e. The van der Waals surface area contributed by atoms with E-state index in [9.17, 15) is 0 Å². The molecule has 0 radical (unpaired) electrons. The molecule has 0 aliphatic heterocycles. The van der Waals surface area contributed by atoms with Crippen LogP contribution in [-0.4, -0.2) is 18.6 Å². The Hall–Kier alpha value is -1.38. The average molecular weight is 225 g/mol. The SMILES string of the molecule is CC.COC=O.Cc1ccc(C(C)C)cn1. The number of nitrogens with zero attached hydrogens (tertiary/aromatic N) is 1. The van der Waals surface area contributed by atoms with E-state index in [0.29, 0.717) is 12.4 Å². The van der Waals surface area contributed by atoms with Gasteiger partial charge in [0.25, 0.3) is 6.47 Å². The van der Waals surface area contributed by atoms with E-state index in [4.69, 9.17) is 4.79 Å². The minimum atomic E-state index is 0.375. The van der Waals surface area contributed by atoms with Crippen molar-refractivity contribution in [3.05, 3.63) is 29.6 Å². The minimum absolute atomic E-state index is 0.375. The third-order valence-electron chi connectivity index (χ3n) is 1.70. The molecule has 0 fully saturated rings. The number of pyridine rings is 1. The van der Waals surface area contributed by atoms with Crippen molar-refractivity contribution in [3.8, 4) is 0 Å². The van der Waals surface area contributed by atoms with Gasteiger partial charge in [-0.05, 0) is 24.5 Å². The van der Waals surface area contributed by atoms with Gasteiger partial charge in [-0.25, -0.2) is 0 Å². The first-order chi connectivity index (χ1) is 7.61. The molecule has 0 spiro atoms. The zero-order valence-corrected chi connectivity index (χ0v) is 11.2. The Balaban J connectivity index is 0. The van der Waals surface area contributed by atoms with Gasteiger partial charge in [-0.1, -0.05) is 33.8 Å². The zero-order valence-electron chi connectivity index (χ0n) is 11.2. The van der Waals surface area contributed by atoms with Crippen LogP contribution in [0.25, 0.3) is 0 Å². The number of ether oxygens (including phenoxy) is 1. The largest absolute Gasteiger partial charge is 0.471 e. The van der Waals surface area contributed by atoms with Crippen molar-refractivity contribution in [1.29, 1.82) is 0 Å². The second-order valence-corrected chi connectivity index (χ2v) is 3.22. The van der Waals surface area contributed by atoms with E-state index in [2.05, 4.69) is 35.7 Å². The van der Waals surface area contributed by atoms with Gasteiger partial charge in [0.15, 0.2) is 0 Å². The van der Waals surface area contributed by atoms with Crippen molar-refractivity contribution in [3.63, 3.8) is 0 Å². The third-order valence-corrected chi connectivity index (χ3v) is 1.70. The number of methoxy groups -OCH3 is 1. The lowest BCUT2D eigenvalue weighted by Crippen LogP contribution is -1.88. The highest BCUT2D eigenvalue weighted by atomic mass is 16.5. The van der Waals surface area contributed by atoms with Crippen LogP contribution in [0.4, 0.5) is 0 Å². The summed E-state index contributed by atoms with van der Waals surface area (Å²) >= 11 is 0. The first-order valence-electron chi connectivity index (χ1n) is 5.50. The molecule has 1 rings (SSSR count). The average Bonchev–Trinajstić information content (AvgIpc) is 2.32. The molecule has 0 N–H and O–H groups in total. The van der Waals surface area contributed by atoms with E-state index >= 15 is 0 Å². The van der Waals surface area contributed by atoms with Crippen molar-refractivity contribution in [2.75, 3.05) is 7.11 Å². The van der Waals surface area contributed by atoms with Gasteiger partial charge in [0.1, 0.15) is 0 Å². The van der Waals surface area contributed by atoms with E-state index in [-0.39, 0.29) is 0 Å². The summed E-state index contributed by atoms with van der Waals surface area (Å²) in [4.78, 5) is 13.2. The molecule has 1 aromatic rings. The van der Waals surface area contributed by atoms with Crippen LogP contribution in [0, 0.1) is 6.92 Å². The van der Waals surface area contributed by atoms with Gasteiger partial charge in [-0.2, -0.15) is 0 Å². The molecular weight excluding hydrogens is 202 g/mol. The number of aromatic nitrogens is 1. The third kappa shape index (κ3) is 9.19. The van der Waals surface area contributed by atoms with Crippen LogP contribution in [0.1, 0.15) is 44.9 Å². The predicted molar refractivity (Wildman–Crippen MR) is 67.5 cm³/mol. The molecule has 0 aliphatic rings. The number of rotatable bonds is 2. The Morgan fingerprint density at radius 3 is 2.06 bits per heavy atom. The van der Waals surface area contributed by atoms with Crippen molar-refractivity contribution >= 4 is 6.47 Å². The zero-order chi connectivity index (χ0) is 13.0. The molecule has 92 valence electrons.